The van der Waals surface area contributed by atoms with Crippen molar-refractivity contribution in [1.82, 2.24) is 0 Å². The molecule has 0 bridgehead atoms. The molecule has 0 spiro atoms. The minimum Gasteiger partial charge on any atom is -0.462 e. The van der Waals surface area contributed by atoms with E-state index >= 15 is 0 Å². The molecule has 0 amide bonds. The average Bonchev–Trinajstić information content (AvgIpc) is 3.27. The summed E-state index contributed by atoms with van der Waals surface area (Å²) in [6, 6.07) is 0. The summed E-state index contributed by atoms with van der Waals surface area (Å²) >= 11 is 0. The Balaban J connectivity index is 4.45. The van der Waals surface area contributed by atoms with Gasteiger partial charge in [-0.1, -0.05) is 202 Å². The summed E-state index contributed by atoms with van der Waals surface area (Å²) in [5.74, 6) is -0.935. The summed E-state index contributed by atoms with van der Waals surface area (Å²) < 4.78 is 16.8. The average molecular weight is 863 g/mol. The maximum absolute atomic E-state index is 12.8. The Kier molecular flexibility index (Phi) is 47.5. The van der Waals surface area contributed by atoms with Gasteiger partial charge in [0.05, 0.1) is 0 Å². The van der Waals surface area contributed by atoms with E-state index in [-0.39, 0.29) is 31.1 Å². The molecule has 0 aromatic rings. The van der Waals surface area contributed by atoms with Crippen molar-refractivity contribution in [3.05, 3.63) is 85.1 Å². The molecule has 62 heavy (non-hydrogen) atoms. The van der Waals surface area contributed by atoms with Crippen molar-refractivity contribution >= 4 is 17.9 Å². The Morgan fingerprint density at radius 2 is 0.694 bits per heavy atom. The van der Waals surface area contributed by atoms with Crippen LogP contribution in [0, 0.1) is 0 Å². The smallest absolute Gasteiger partial charge is 0.306 e. The topological polar surface area (TPSA) is 78.9 Å². The Labute approximate surface area is 382 Å². The number of esters is 3. The summed E-state index contributed by atoms with van der Waals surface area (Å²) in [6.45, 7) is 6.43. The number of carbonyl (C=O) groups excluding carboxylic acids is 3. The number of allylic oxidation sites excluding steroid dienone is 14. The summed E-state index contributed by atoms with van der Waals surface area (Å²) in [5, 5.41) is 0. The summed E-state index contributed by atoms with van der Waals surface area (Å²) in [5.41, 5.74) is 0. The van der Waals surface area contributed by atoms with Crippen LogP contribution in [-0.2, 0) is 28.6 Å². The molecule has 0 rings (SSSR count). The second-order valence-electron chi connectivity index (χ2n) is 16.8. The first kappa shape index (κ1) is 58.6. The van der Waals surface area contributed by atoms with Crippen molar-refractivity contribution in [3.63, 3.8) is 0 Å². The van der Waals surface area contributed by atoms with Crippen LogP contribution in [0.2, 0.25) is 0 Å². The molecular formula is C56H94O6. The molecule has 0 radical (unpaired) electrons. The highest BCUT2D eigenvalue weighted by Crippen LogP contribution is 2.14. The Bertz CT molecular complexity index is 1220. The summed E-state index contributed by atoms with van der Waals surface area (Å²) in [7, 11) is 0. The lowest BCUT2D eigenvalue weighted by molar-refractivity contribution is -0.167. The maximum Gasteiger partial charge on any atom is 0.306 e. The molecule has 0 fully saturated rings. The quantitative estimate of drug-likeness (QED) is 0.0199. The third-order valence-corrected chi connectivity index (χ3v) is 10.7. The van der Waals surface area contributed by atoms with Crippen LogP contribution in [0.5, 0.6) is 0 Å². The first-order valence-electron chi connectivity index (χ1n) is 25.6. The minimum absolute atomic E-state index is 0.0927. The van der Waals surface area contributed by atoms with Crippen molar-refractivity contribution in [3.8, 4) is 0 Å². The molecule has 6 nitrogen and oxygen atoms in total. The summed E-state index contributed by atoms with van der Waals surface area (Å²) in [4.78, 5) is 37.9. The van der Waals surface area contributed by atoms with E-state index in [0.717, 1.165) is 109 Å². The van der Waals surface area contributed by atoms with Gasteiger partial charge in [-0.05, 0) is 96.3 Å². The predicted molar refractivity (Wildman–Crippen MR) is 265 cm³/mol. The highest BCUT2D eigenvalue weighted by molar-refractivity contribution is 5.71. The van der Waals surface area contributed by atoms with Crippen molar-refractivity contribution in [2.24, 2.45) is 0 Å². The Morgan fingerprint density at radius 1 is 0.355 bits per heavy atom. The van der Waals surface area contributed by atoms with Crippen LogP contribution in [-0.4, -0.2) is 37.2 Å². The molecular weight excluding hydrogens is 769 g/mol. The van der Waals surface area contributed by atoms with Gasteiger partial charge in [-0.2, -0.15) is 0 Å². The minimum atomic E-state index is -0.793. The lowest BCUT2D eigenvalue weighted by Gasteiger charge is -2.18. The van der Waals surface area contributed by atoms with Crippen molar-refractivity contribution in [2.75, 3.05) is 13.2 Å². The van der Waals surface area contributed by atoms with Gasteiger partial charge in [-0.25, -0.2) is 0 Å². The zero-order valence-corrected chi connectivity index (χ0v) is 40.4. The zero-order valence-electron chi connectivity index (χ0n) is 40.4. The van der Waals surface area contributed by atoms with E-state index in [4.69, 9.17) is 14.2 Å². The second-order valence-corrected chi connectivity index (χ2v) is 16.8. The fraction of sp³-hybridized carbons (Fsp3) is 0.696. The molecule has 0 aromatic heterocycles. The molecule has 0 saturated carbocycles. The van der Waals surface area contributed by atoms with Gasteiger partial charge in [0.1, 0.15) is 13.2 Å². The predicted octanol–water partition coefficient (Wildman–Crippen LogP) is 16.8. The zero-order chi connectivity index (χ0) is 45.1. The van der Waals surface area contributed by atoms with Crippen LogP contribution < -0.4 is 0 Å². The highest BCUT2D eigenvalue weighted by atomic mass is 16.6. The van der Waals surface area contributed by atoms with E-state index in [0.29, 0.717) is 19.3 Å². The van der Waals surface area contributed by atoms with Gasteiger partial charge in [0.25, 0.3) is 0 Å². The largest absolute Gasteiger partial charge is 0.462 e. The molecule has 6 heteroatoms. The first-order chi connectivity index (χ1) is 30.5. The van der Waals surface area contributed by atoms with Crippen LogP contribution in [0.3, 0.4) is 0 Å². The second kappa shape index (κ2) is 50.2. The Morgan fingerprint density at radius 3 is 1.13 bits per heavy atom. The van der Waals surface area contributed by atoms with E-state index in [1.54, 1.807) is 0 Å². The van der Waals surface area contributed by atoms with Crippen LogP contribution >= 0.6 is 0 Å². The molecule has 354 valence electrons. The normalized spacial score (nSPS) is 12.8. The molecule has 0 N–H and O–H groups in total. The third-order valence-electron chi connectivity index (χ3n) is 10.7. The van der Waals surface area contributed by atoms with Gasteiger partial charge in [0.2, 0.25) is 0 Å². The number of hydrogen-bond acceptors (Lipinski definition) is 6. The summed E-state index contributed by atoms with van der Waals surface area (Å²) in [6.07, 6.45) is 64.1. The van der Waals surface area contributed by atoms with Crippen LogP contribution in [0.15, 0.2) is 85.1 Å². The Hall–Kier alpha value is -3.41. The van der Waals surface area contributed by atoms with Gasteiger partial charge in [-0.3, -0.25) is 14.4 Å². The van der Waals surface area contributed by atoms with Crippen molar-refractivity contribution < 1.29 is 28.6 Å². The molecule has 1 atom stereocenters. The maximum atomic E-state index is 12.8. The van der Waals surface area contributed by atoms with E-state index in [2.05, 4.69) is 106 Å². The number of carbonyl (C=O) groups is 3. The van der Waals surface area contributed by atoms with E-state index < -0.39 is 6.10 Å². The van der Waals surface area contributed by atoms with Crippen LogP contribution in [0.1, 0.15) is 233 Å². The highest BCUT2D eigenvalue weighted by Gasteiger charge is 2.19. The van der Waals surface area contributed by atoms with E-state index in [1.807, 2.05) is 0 Å². The standard InChI is InChI=1S/C56H94O6/c1-4-7-10-13-16-19-22-25-27-28-29-30-32-34-37-40-43-46-49-55(58)61-52-53(51-60-54(57)48-45-42-39-36-33-24-21-18-15-12-9-6-3)62-56(59)50-47-44-41-38-35-31-26-23-20-17-14-11-8-5-2/h8,11,16-22,25,27-30,53H,4-7,9-10,12-15,23-24,26,31-52H2,1-3H3/b11-8-,19-16-,20-17-,21-18-,25-22-,28-27-,30-29-. The number of unbranched alkanes of at least 4 members (excludes halogenated alkanes) is 23. The number of ether oxygens (including phenoxy) is 3. The van der Waals surface area contributed by atoms with Crippen molar-refractivity contribution in [2.45, 2.75) is 239 Å². The van der Waals surface area contributed by atoms with Crippen LogP contribution in [0.25, 0.3) is 0 Å². The fourth-order valence-electron chi connectivity index (χ4n) is 6.84. The van der Waals surface area contributed by atoms with Gasteiger partial charge in [-0.15, -0.1) is 0 Å². The monoisotopic (exact) mass is 863 g/mol. The van der Waals surface area contributed by atoms with Gasteiger partial charge in [0, 0.05) is 19.3 Å². The fourth-order valence-corrected chi connectivity index (χ4v) is 6.84. The van der Waals surface area contributed by atoms with Crippen LogP contribution in [0.4, 0.5) is 0 Å². The van der Waals surface area contributed by atoms with Gasteiger partial charge >= 0.3 is 17.9 Å². The molecule has 0 aliphatic carbocycles. The van der Waals surface area contributed by atoms with Gasteiger partial charge < -0.3 is 14.2 Å². The molecule has 0 aliphatic heterocycles. The SMILES string of the molecule is CC/C=C\C/C=C\CCCCCCCCCC(=O)OC(COC(=O)CCCCCCC\C=C/C=C\C=C/C=C\CCCCC)COC(=O)CCCCCCC/C=C\CCCCC. The molecule has 1 unspecified atom stereocenters. The van der Waals surface area contributed by atoms with E-state index in [1.165, 1.54) is 83.5 Å². The molecule has 0 heterocycles. The number of hydrogen-bond donors (Lipinski definition) is 0. The number of rotatable bonds is 45. The lowest BCUT2D eigenvalue weighted by atomic mass is 10.1. The lowest BCUT2D eigenvalue weighted by Crippen LogP contribution is -2.30. The van der Waals surface area contributed by atoms with Gasteiger partial charge in [0.15, 0.2) is 6.10 Å². The molecule has 0 aromatic carbocycles. The molecule has 0 saturated heterocycles. The first-order valence-corrected chi connectivity index (χ1v) is 25.6. The third kappa shape index (κ3) is 47.6. The molecule has 0 aliphatic rings. The van der Waals surface area contributed by atoms with Crippen molar-refractivity contribution in [1.29, 1.82) is 0 Å². The van der Waals surface area contributed by atoms with E-state index in [9.17, 15) is 14.4 Å².